The van der Waals surface area contributed by atoms with E-state index in [-0.39, 0.29) is 36.7 Å². The van der Waals surface area contributed by atoms with E-state index in [1.807, 2.05) is 33.3 Å². The molecule has 0 aromatic rings. The van der Waals surface area contributed by atoms with Gasteiger partial charge in [0.1, 0.15) is 6.61 Å². The van der Waals surface area contributed by atoms with E-state index in [0.29, 0.717) is 25.7 Å². The van der Waals surface area contributed by atoms with Crippen LogP contribution in [0.25, 0.3) is 0 Å². The lowest BCUT2D eigenvalue weighted by Gasteiger charge is -2.31. The summed E-state index contributed by atoms with van der Waals surface area (Å²) in [6.07, 6.45) is 39.5. The normalized spacial score (nSPS) is 14.1. The third-order valence-electron chi connectivity index (χ3n) is 7.30. The number of hydrogen-bond donors (Lipinski definition) is 1. The van der Waals surface area contributed by atoms with Crippen LogP contribution in [-0.2, 0) is 28.6 Å². The Hall–Kier alpha value is -3.49. The second-order valence-electron chi connectivity index (χ2n) is 12.7. The monoisotopic (exact) mass is 684 g/mol. The second kappa shape index (κ2) is 31.8. The first-order chi connectivity index (χ1) is 23.6. The van der Waals surface area contributed by atoms with Crippen LogP contribution in [0.3, 0.4) is 0 Å². The lowest BCUT2D eigenvalue weighted by Crippen LogP contribution is -2.50. The lowest BCUT2D eigenvalue weighted by molar-refractivity contribution is -0.887. The molecule has 0 aliphatic carbocycles. The zero-order chi connectivity index (χ0) is 36.4. The highest BCUT2D eigenvalue weighted by Crippen LogP contribution is 2.10. The summed E-state index contributed by atoms with van der Waals surface area (Å²) in [5.41, 5.74) is 0. The number of likely N-dealkylation sites (N-methyl/N-ethyl adjacent to an activating group) is 1. The van der Waals surface area contributed by atoms with Gasteiger partial charge in [0.25, 0.3) is 0 Å². The van der Waals surface area contributed by atoms with Gasteiger partial charge in [0.2, 0.25) is 0 Å². The van der Waals surface area contributed by atoms with Gasteiger partial charge in [-0.25, -0.2) is 4.79 Å². The van der Waals surface area contributed by atoms with Crippen LogP contribution in [0.1, 0.15) is 104 Å². The Bertz CT molecular complexity index is 1080. The number of unbranched alkanes of at least 4 members (excludes halogenated alkanes) is 2. The van der Waals surface area contributed by atoms with Crippen molar-refractivity contribution in [3.8, 4) is 0 Å². The Kier molecular flexibility index (Phi) is 29.5. The summed E-state index contributed by atoms with van der Waals surface area (Å²) >= 11 is 0. The van der Waals surface area contributed by atoms with Crippen LogP contribution in [0.2, 0.25) is 0 Å². The standard InChI is InChI=1S/C41H65NO7/c1-6-8-10-12-14-16-17-18-19-20-21-22-24-26-28-30-32-40(44)49-37(35-47-34-33-38(41(45)46)42(3,4)5)36-48-39(43)31-29-27-25-23-15-13-11-9-7-2/h8-11,14-16,18-19,21-23,26,28,37-38H,6-7,12-13,17,20,24-25,27,29-36H2,1-5H3/p+1/b10-8+,11-9+,16-14+,19-18+,22-21+,23-15+,28-26+. The van der Waals surface area contributed by atoms with Gasteiger partial charge in [-0.1, -0.05) is 98.9 Å². The number of carboxylic acid groups (broad SMARTS) is 1. The molecule has 276 valence electrons. The molecular weight excluding hydrogens is 618 g/mol. The predicted octanol–water partition coefficient (Wildman–Crippen LogP) is 9.01. The summed E-state index contributed by atoms with van der Waals surface area (Å²) in [5.74, 6) is -1.64. The molecule has 0 bridgehead atoms. The first-order valence-electron chi connectivity index (χ1n) is 18.1. The number of ether oxygens (including phenoxy) is 3. The SMILES string of the molecule is CC/C=C/C/C=C/C/C=C/C/C=C/C/C=C/CCC(=O)OC(COCCC(C(=O)O)[N+](C)(C)C)COC(=O)CCCC/C=C/C/C=C/CC. The number of quaternary nitrogens is 1. The maximum atomic E-state index is 12.6. The number of allylic oxidation sites excluding steroid dienone is 14. The van der Waals surface area contributed by atoms with Gasteiger partial charge in [0.05, 0.1) is 34.4 Å². The molecule has 49 heavy (non-hydrogen) atoms. The van der Waals surface area contributed by atoms with E-state index in [2.05, 4.69) is 86.8 Å². The van der Waals surface area contributed by atoms with E-state index in [9.17, 15) is 19.5 Å². The van der Waals surface area contributed by atoms with Gasteiger partial charge in [0, 0.05) is 19.3 Å². The van der Waals surface area contributed by atoms with Crippen LogP contribution in [0.15, 0.2) is 85.1 Å². The molecule has 2 atom stereocenters. The van der Waals surface area contributed by atoms with Crippen LogP contribution in [0.5, 0.6) is 0 Å². The highest BCUT2D eigenvalue weighted by molar-refractivity contribution is 5.72. The van der Waals surface area contributed by atoms with Gasteiger partial charge in [-0.15, -0.1) is 0 Å². The molecule has 0 aromatic heterocycles. The minimum absolute atomic E-state index is 0.0153. The molecule has 0 saturated heterocycles. The third-order valence-corrected chi connectivity index (χ3v) is 7.30. The topological polar surface area (TPSA) is 99.1 Å². The van der Waals surface area contributed by atoms with Crippen molar-refractivity contribution >= 4 is 17.9 Å². The third kappa shape index (κ3) is 30.3. The quantitative estimate of drug-likeness (QED) is 0.0349. The van der Waals surface area contributed by atoms with Gasteiger partial charge in [-0.3, -0.25) is 9.59 Å². The molecule has 2 unspecified atom stereocenters. The van der Waals surface area contributed by atoms with Crippen molar-refractivity contribution in [1.82, 2.24) is 0 Å². The van der Waals surface area contributed by atoms with E-state index >= 15 is 0 Å². The van der Waals surface area contributed by atoms with Gasteiger partial charge >= 0.3 is 17.9 Å². The predicted molar refractivity (Wildman–Crippen MR) is 201 cm³/mol. The maximum absolute atomic E-state index is 12.6. The van der Waals surface area contributed by atoms with E-state index in [0.717, 1.165) is 57.8 Å². The number of aliphatic carboxylic acids is 1. The fourth-order valence-electron chi connectivity index (χ4n) is 4.53. The van der Waals surface area contributed by atoms with Crippen molar-refractivity contribution in [1.29, 1.82) is 0 Å². The molecule has 0 amide bonds. The number of esters is 2. The van der Waals surface area contributed by atoms with E-state index in [1.165, 1.54) is 0 Å². The number of nitrogens with zero attached hydrogens (tertiary/aromatic N) is 1. The minimum atomic E-state index is -0.896. The molecule has 8 heteroatoms. The Labute approximate surface area is 297 Å². The number of hydrogen-bond acceptors (Lipinski definition) is 6. The minimum Gasteiger partial charge on any atom is -0.477 e. The van der Waals surface area contributed by atoms with Crippen molar-refractivity contribution < 1.29 is 38.2 Å². The summed E-state index contributed by atoms with van der Waals surface area (Å²) in [6, 6.07) is -0.634. The molecule has 0 saturated carbocycles. The average molecular weight is 685 g/mol. The summed E-state index contributed by atoms with van der Waals surface area (Å²) in [4.78, 5) is 36.6. The molecule has 0 radical (unpaired) electrons. The Balaban J connectivity index is 4.63. The Morgan fingerprint density at radius 3 is 1.59 bits per heavy atom. The number of rotatable bonds is 30. The summed E-state index contributed by atoms with van der Waals surface area (Å²) in [7, 11) is 5.46. The van der Waals surface area contributed by atoms with Crippen molar-refractivity contribution in [3.63, 3.8) is 0 Å². The molecule has 0 aromatic carbocycles. The van der Waals surface area contributed by atoms with Crippen LogP contribution in [0, 0.1) is 0 Å². The molecule has 0 fully saturated rings. The van der Waals surface area contributed by atoms with Crippen LogP contribution < -0.4 is 0 Å². The zero-order valence-electron chi connectivity index (χ0n) is 31.1. The summed E-state index contributed by atoms with van der Waals surface area (Å²) in [5, 5.41) is 9.56. The van der Waals surface area contributed by atoms with Crippen LogP contribution in [-0.4, -0.2) is 80.6 Å². The van der Waals surface area contributed by atoms with Gasteiger partial charge in [0.15, 0.2) is 12.1 Å². The molecular formula is C41H66NO7+. The lowest BCUT2D eigenvalue weighted by atomic mass is 10.1. The van der Waals surface area contributed by atoms with E-state index < -0.39 is 24.1 Å². The first kappa shape index (κ1) is 45.5. The van der Waals surface area contributed by atoms with Gasteiger partial charge in [-0.2, -0.15) is 0 Å². The molecule has 0 spiro atoms. The molecule has 0 aliphatic rings. The fourth-order valence-corrected chi connectivity index (χ4v) is 4.53. The highest BCUT2D eigenvalue weighted by atomic mass is 16.6. The van der Waals surface area contributed by atoms with Crippen molar-refractivity contribution in [2.24, 2.45) is 0 Å². The van der Waals surface area contributed by atoms with Crippen molar-refractivity contribution in [3.05, 3.63) is 85.1 Å². The first-order valence-corrected chi connectivity index (χ1v) is 18.1. The zero-order valence-corrected chi connectivity index (χ0v) is 31.1. The van der Waals surface area contributed by atoms with Crippen LogP contribution in [0.4, 0.5) is 0 Å². The van der Waals surface area contributed by atoms with E-state index in [4.69, 9.17) is 14.2 Å². The summed E-state index contributed by atoms with van der Waals surface area (Å²) in [6.45, 7) is 4.33. The van der Waals surface area contributed by atoms with Crippen molar-refractivity contribution in [2.75, 3.05) is 41.0 Å². The Morgan fingerprint density at radius 1 is 0.612 bits per heavy atom. The Morgan fingerprint density at radius 2 is 1.10 bits per heavy atom. The van der Waals surface area contributed by atoms with Gasteiger partial charge < -0.3 is 23.8 Å². The fraction of sp³-hybridized carbons (Fsp3) is 0.585. The van der Waals surface area contributed by atoms with Crippen LogP contribution >= 0.6 is 0 Å². The second-order valence-corrected chi connectivity index (χ2v) is 12.7. The summed E-state index contributed by atoms with van der Waals surface area (Å²) < 4.78 is 17.0. The molecule has 0 rings (SSSR count). The van der Waals surface area contributed by atoms with Crippen molar-refractivity contribution in [2.45, 2.75) is 116 Å². The number of carbonyl (C=O) groups is 3. The molecule has 1 N–H and O–H groups in total. The number of carbonyl (C=O) groups excluding carboxylic acids is 2. The highest BCUT2D eigenvalue weighted by Gasteiger charge is 2.31. The molecule has 0 heterocycles. The van der Waals surface area contributed by atoms with Gasteiger partial charge in [-0.05, 0) is 70.6 Å². The average Bonchev–Trinajstić information content (AvgIpc) is 3.05. The van der Waals surface area contributed by atoms with E-state index in [1.54, 1.807) is 0 Å². The largest absolute Gasteiger partial charge is 0.477 e. The number of carboxylic acids is 1. The molecule has 8 nitrogen and oxygen atoms in total. The smallest absolute Gasteiger partial charge is 0.362 e. The maximum Gasteiger partial charge on any atom is 0.362 e. The molecule has 0 aliphatic heterocycles.